The van der Waals surface area contributed by atoms with Crippen molar-refractivity contribution in [3.63, 3.8) is 0 Å². The Morgan fingerprint density at radius 1 is 1.05 bits per heavy atom. The maximum atomic E-state index is 16.4. The van der Waals surface area contributed by atoms with Crippen LogP contribution in [-0.2, 0) is 4.74 Å². The summed E-state index contributed by atoms with van der Waals surface area (Å²) in [5.74, 6) is 0.352. The predicted molar refractivity (Wildman–Crippen MR) is 141 cm³/mol. The van der Waals surface area contributed by atoms with Crippen molar-refractivity contribution in [3.05, 3.63) is 54.3 Å². The van der Waals surface area contributed by atoms with E-state index in [0.717, 1.165) is 36.7 Å². The van der Waals surface area contributed by atoms with Crippen LogP contribution in [0.15, 0.2) is 48.5 Å². The number of benzene rings is 3. The summed E-state index contributed by atoms with van der Waals surface area (Å²) in [4.78, 5) is 11.6. The molecule has 2 bridgehead atoms. The van der Waals surface area contributed by atoms with Gasteiger partial charge in [-0.3, -0.25) is 0 Å². The molecule has 8 heteroatoms. The van der Waals surface area contributed by atoms with E-state index in [2.05, 4.69) is 22.1 Å². The van der Waals surface area contributed by atoms with Gasteiger partial charge in [0.15, 0.2) is 5.82 Å². The van der Waals surface area contributed by atoms with Gasteiger partial charge in [0.2, 0.25) is 0 Å². The van der Waals surface area contributed by atoms with Gasteiger partial charge in [0.25, 0.3) is 0 Å². The summed E-state index contributed by atoms with van der Waals surface area (Å²) in [6, 6.07) is 15.6. The Hall–Kier alpha value is -3.49. The van der Waals surface area contributed by atoms with E-state index >= 15 is 4.39 Å². The summed E-state index contributed by atoms with van der Waals surface area (Å²) in [6.07, 6.45) is 2.27. The van der Waals surface area contributed by atoms with Crippen molar-refractivity contribution in [1.82, 2.24) is 15.3 Å². The molecule has 0 saturated carbocycles. The smallest absolute Gasteiger partial charge is 0.319 e. The van der Waals surface area contributed by atoms with Crippen LogP contribution in [0.5, 0.6) is 11.8 Å². The lowest BCUT2D eigenvalue weighted by Gasteiger charge is -2.37. The molecule has 0 aliphatic carbocycles. The van der Waals surface area contributed by atoms with Gasteiger partial charge < -0.3 is 24.8 Å². The monoisotopic (exact) mass is 500 g/mol. The fourth-order valence-electron chi connectivity index (χ4n) is 5.90. The van der Waals surface area contributed by atoms with Gasteiger partial charge in [0.1, 0.15) is 23.7 Å². The van der Waals surface area contributed by atoms with Crippen molar-refractivity contribution in [1.29, 1.82) is 0 Å². The van der Waals surface area contributed by atoms with Gasteiger partial charge in [-0.2, -0.15) is 9.97 Å². The fourth-order valence-corrected chi connectivity index (χ4v) is 5.90. The molecule has 3 fully saturated rings. The second kappa shape index (κ2) is 8.53. The van der Waals surface area contributed by atoms with Gasteiger partial charge in [0.05, 0.1) is 13.2 Å². The Balaban J connectivity index is 1.38. The van der Waals surface area contributed by atoms with E-state index in [0.29, 0.717) is 54.2 Å². The maximum Gasteiger partial charge on any atom is 0.319 e. The Labute approximate surface area is 214 Å². The Bertz CT molecular complexity index is 1510. The van der Waals surface area contributed by atoms with Gasteiger partial charge in [0, 0.05) is 41.5 Å². The lowest BCUT2D eigenvalue weighted by Crippen LogP contribution is -2.51. The number of ether oxygens (including phenoxy) is 2. The topological polar surface area (TPSA) is 79.7 Å². The van der Waals surface area contributed by atoms with Crippen LogP contribution in [0.4, 0.5) is 10.2 Å². The molecule has 4 heterocycles. The molecule has 37 heavy (non-hydrogen) atoms. The first kappa shape index (κ1) is 22.7. The number of halogens is 1. The summed E-state index contributed by atoms with van der Waals surface area (Å²) in [5, 5.41) is 16.4. The summed E-state index contributed by atoms with van der Waals surface area (Å²) in [7, 11) is 0. The first-order valence-corrected chi connectivity index (χ1v) is 12.9. The summed E-state index contributed by atoms with van der Waals surface area (Å²) >= 11 is 0. The van der Waals surface area contributed by atoms with Crippen LogP contribution < -0.4 is 15.0 Å². The summed E-state index contributed by atoms with van der Waals surface area (Å²) < 4.78 is 27.8. The van der Waals surface area contributed by atoms with Gasteiger partial charge in [-0.15, -0.1) is 0 Å². The molecule has 190 valence electrons. The van der Waals surface area contributed by atoms with Crippen LogP contribution in [0.1, 0.15) is 19.8 Å². The van der Waals surface area contributed by atoms with Crippen molar-refractivity contribution < 1.29 is 19.0 Å². The lowest BCUT2D eigenvalue weighted by molar-refractivity contribution is -0.121. The molecular weight excluding hydrogens is 471 g/mol. The van der Waals surface area contributed by atoms with Crippen molar-refractivity contribution in [2.45, 2.75) is 31.8 Å². The highest BCUT2D eigenvalue weighted by molar-refractivity contribution is 6.01. The number of nitrogens with one attached hydrogen (secondary N) is 1. The molecule has 4 aromatic rings. The van der Waals surface area contributed by atoms with Gasteiger partial charge in [-0.05, 0) is 47.4 Å². The average Bonchev–Trinajstić information content (AvgIpc) is 3.23. The zero-order valence-electron chi connectivity index (χ0n) is 20.7. The molecule has 1 aromatic heterocycles. The number of anilines is 1. The Morgan fingerprint density at radius 2 is 1.84 bits per heavy atom. The number of rotatable bonds is 5. The quantitative estimate of drug-likeness (QED) is 0.413. The Kier molecular flexibility index (Phi) is 5.23. The van der Waals surface area contributed by atoms with E-state index in [1.165, 1.54) is 0 Å². The van der Waals surface area contributed by atoms with Crippen LogP contribution in [0, 0.1) is 11.2 Å². The first-order valence-electron chi connectivity index (χ1n) is 12.9. The fraction of sp³-hybridized carbons (Fsp3) is 0.379. The number of phenolic OH excluding ortho intramolecular Hbond substituents is 1. The average molecular weight is 501 g/mol. The summed E-state index contributed by atoms with van der Waals surface area (Å²) in [5.41, 5.74) is 1.14. The van der Waals surface area contributed by atoms with Crippen LogP contribution in [-0.4, -0.2) is 60.1 Å². The van der Waals surface area contributed by atoms with Crippen LogP contribution in [0.2, 0.25) is 0 Å². The second-order valence-electron chi connectivity index (χ2n) is 11.0. The first-order chi connectivity index (χ1) is 18.0. The normalized spacial score (nSPS) is 22.4. The standard InChI is InChI=1S/C29H29FN4O3/c1-29(14-36-15-29)16-37-28-32-26-23(27(33-28)34-12-18-6-7-19(13-34)31-18)9-8-22(25(26)30)24-11-20(35)10-17-4-2-3-5-21(17)24/h2-5,8-11,18-19,31,35H,6-7,12-16H2,1H3/t18-,19+. The Morgan fingerprint density at radius 3 is 2.59 bits per heavy atom. The van der Waals surface area contributed by atoms with E-state index in [4.69, 9.17) is 14.5 Å². The van der Waals surface area contributed by atoms with Gasteiger partial charge in [-0.25, -0.2) is 4.39 Å². The number of piperazine rings is 1. The summed E-state index contributed by atoms with van der Waals surface area (Å²) in [6.45, 7) is 5.37. The molecule has 0 spiro atoms. The minimum Gasteiger partial charge on any atom is -0.508 e. The molecule has 7 nitrogen and oxygen atoms in total. The number of hydrogen-bond acceptors (Lipinski definition) is 7. The number of fused-ring (bicyclic) bond motifs is 4. The lowest BCUT2D eigenvalue weighted by atomic mass is 9.90. The van der Waals surface area contributed by atoms with E-state index in [-0.39, 0.29) is 22.7 Å². The van der Waals surface area contributed by atoms with Crippen LogP contribution in [0.25, 0.3) is 32.8 Å². The molecule has 0 unspecified atom stereocenters. The zero-order valence-corrected chi connectivity index (χ0v) is 20.7. The van der Waals surface area contributed by atoms with Crippen molar-refractivity contribution >= 4 is 27.5 Å². The van der Waals surface area contributed by atoms with Gasteiger partial charge in [-0.1, -0.05) is 37.3 Å². The molecule has 3 aliphatic heterocycles. The molecule has 0 radical (unpaired) electrons. The van der Waals surface area contributed by atoms with Crippen LogP contribution >= 0.6 is 0 Å². The minimum absolute atomic E-state index is 0.0898. The zero-order chi connectivity index (χ0) is 25.1. The number of phenols is 1. The third-order valence-electron chi connectivity index (χ3n) is 7.87. The number of aromatic hydroxyl groups is 1. The maximum absolute atomic E-state index is 16.4. The largest absolute Gasteiger partial charge is 0.508 e. The third-order valence-corrected chi connectivity index (χ3v) is 7.87. The highest BCUT2D eigenvalue weighted by atomic mass is 19.1. The van der Waals surface area contributed by atoms with E-state index in [1.807, 2.05) is 30.3 Å². The molecule has 3 saturated heterocycles. The highest BCUT2D eigenvalue weighted by Crippen LogP contribution is 2.39. The van der Waals surface area contributed by atoms with E-state index in [1.54, 1.807) is 18.2 Å². The molecule has 2 N–H and O–H groups in total. The number of nitrogens with zero attached hydrogens (tertiary/aromatic N) is 3. The molecule has 3 aromatic carbocycles. The van der Waals surface area contributed by atoms with E-state index in [9.17, 15) is 5.11 Å². The van der Waals surface area contributed by atoms with Gasteiger partial charge >= 0.3 is 6.01 Å². The van der Waals surface area contributed by atoms with Crippen molar-refractivity contribution in [2.75, 3.05) is 37.8 Å². The van der Waals surface area contributed by atoms with Crippen LogP contribution in [0.3, 0.4) is 0 Å². The second-order valence-corrected chi connectivity index (χ2v) is 11.0. The van der Waals surface area contributed by atoms with Crippen molar-refractivity contribution in [3.8, 4) is 22.9 Å². The molecule has 2 atom stereocenters. The third kappa shape index (κ3) is 3.95. The highest BCUT2D eigenvalue weighted by Gasteiger charge is 2.36. The molecule has 0 amide bonds. The number of aromatic nitrogens is 2. The SMILES string of the molecule is CC1(COc2nc(N3C[C@H]4CC[C@@H](C3)N4)c3ccc(-c4cc(O)cc5ccccc45)c(F)c3n2)COC1. The minimum atomic E-state index is -0.446. The molecular formula is C29H29FN4O3. The number of hydrogen-bond donors (Lipinski definition) is 2. The molecule has 7 rings (SSSR count). The molecule has 3 aliphatic rings. The van der Waals surface area contributed by atoms with Crippen molar-refractivity contribution in [2.24, 2.45) is 5.41 Å². The van der Waals surface area contributed by atoms with E-state index < -0.39 is 5.82 Å². The predicted octanol–water partition coefficient (Wildman–Crippen LogP) is 4.65.